The van der Waals surface area contributed by atoms with Gasteiger partial charge in [0.25, 0.3) is 0 Å². The van der Waals surface area contributed by atoms with Gasteiger partial charge in [-0.15, -0.1) is 0 Å². The third kappa shape index (κ3) is 3.31. The molecular formula is C17H19N5. The van der Waals surface area contributed by atoms with E-state index in [1.54, 1.807) is 6.20 Å². The second kappa shape index (κ2) is 6.39. The van der Waals surface area contributed by atoms with Gasteiger partial charge in [0.15, 0.2) is 0 Å². The molecule has 0 atom stereocenters. The van der Waals surface area contributed by atoms with Crippen molar-refractivity contribution in [3.63, 3.8) is 0 Å². The average molecular weight is 293 g/mol. The highest BCUT2D eigenvalue weighted by Gasteiger charge is 2.08. The summed E-state index contributed by atoms with van der Waals surface area (Å²) in [6.07, 6.45) is 1.78. The van der Waals surface area contributed by atoms with Gasteiger partial charge < -0.3 is 10.6 Å². The molecule has 1 aromatic carbocycles. The maximum absolute atomic E-state index is 4.60. The van der Waals surface area contributed by atoms with Crippen LogP contribution in [0.3, 0.4) is 0 Å². The minimum Gasteiger partial charge on any atom is -0.367 e. The fourth-order valence-electron chi connectivity index (χ4n) is 2.21. The molecule has 3 aromatic rings. The maximum Gasteiger partial charge on any atom is 0.225 e. The van der Waals surface area contributed by atoms with Crippen LogP contribution in [-0.2, 0) is 6.54 Å². The molecule has 0 radical (unpaired) electrons. The van der Waals surface area contributed by atoms with Gasteiger partial charge >= 0.3 is 0 Å². The van der Waals surface area contributed by atoms with Crippen LogP contribution in [0.1, 0.15) is 19.5 Å². The molecule has 5 heteroatoms. The zero-order valence-corrected chi connectivity index (χ0v) is 12.7. The SMILES string of the molecule is CC(C)Nc1nc(NCc2ccccn2)nc2ccccc12. The lowest BCUT2D eigenvalue weighted by molar-refractivity contribution is 0.889. The molecule has 0 aliphatic rings. The second-order valence-electron chi connectivity index (χ2n) is 5.39. The van der Waals surface area contributed by atoms with Crippen LogP contribution in [0.2, 0.25) is 0 Å². The van der Waals surface area contributed by atoms with E-state index in [1.807, 2.05) is 42.5 Å². The predicted octanol–water partition coefficient (Wildman–Crippen LogP) is 3.46. The molecule has 0 bridgehead atoms. The monoisotopic (exact) mass is 293 g/mol. The summed E-state index contributed by atoms with van der Waals surface area (Å²) in [6, 6.07) is 14.2. The highest BCUT2D eigenvalue weighted by Crippen LogP contribution is 2.22. The van der Waals surface area contributed by atoms with Crippen molar-refractivity contribution in [2.75, 3.05) is 10.6 Å². The number of pyridine rings is 1. The van der Waals surface area contributed by atoms with E-state index in [1.165, 1.54) is 0 Å². The van der Waals surface area contributed by atoms with E-state index in [0.717, 1.165) is 22.4 Å². The molecule has 0 aliphatic carbocycles. The largest absolute Gasteiger partial charge is 0.367 e. The van der Waals surface area contributed by atoms with Crippen LogP contribution in [0.4, 0.5) is 11.8 Å². The Labute approximate surface area is 129 Å². The Hall–Kier alpha value is -2.69. The molecule has 5 nitrogen and oxygen atoms in total. The van der Waals surface area contributed by atoms with E-state index in [-0.39, 0.29) is 0 Å². The molecule has 0 aliphatic heterocycles. The topological polar surface area (TPSA) is 62.7 Å². The Morgan fingerprint density at radius 2 is 1.82 bits per heavy atom. The highest BCUT2D eigenvalue weighted by atomic mass is 15.1. The number of hydrogen-bond donors (Lipinski definition) is 2. The summed E-state index contributed by atoms with van der Waals surface area (Å²) in [7, 11) is 0. The van der Waals surface area contributed by atoms with Crippen molar-refractivity contribution in [2.45, 2.75) is 26.4 Å². The predicted molar refractivity (Wildman–Crippen MR) is 89.9 cm³/mol. The summed E-state index contributed by atoms with van der Waals surface area (Å²) in [4.78, 5) is 13.5. The van der Waals surface area contributed by atoms with Crippen LogP contribution in [0, 0.1) is 0 Å². The van der Waals surface area contributed by atoms with E-state index < -0.39 is 0 Å². The fraction of sp³-hybridized carbons (Fsp3) is 0.235. The molecule has 0 fully saturated rings. The molecule has 2 heterocycles. The first kappa shape index (κ1) is 14.3. The lowest BCUT2D eigenvalue weighted by Crippen LogP contribution is -2.13. The summed E-state index contributed by atoms with van der Waals surface area (Å²) in [5.74, 6) is 1.46. The van der Waals surface area contributed by atoms with Crippen LogP contribution in [0.5, 0.6) is 0 Å². The number of fused-ring (bicyclic) bond motifs is 1. The number of anilines is 2. The van der Waals surface area contributed by atoms with E-state index in [0.29, 0.717) is 18.5 Å². The number of hydrogen-bond acceptors (Lipinski definition) is 5. The number of benzene rings is 1. The van der Waals surface area contributed by atoms with Crippen molar-refractivity contribution in [3.05, 3.63) is 54.4 Å². The molecule has 2 N–H and O–H groups in total. The van der Waals surface area contributed by atoms with Gasteiger partial charge in [-0.3, -0.25) is 4.98 Å². The Bertz CT molecular complexity index is 755. The van der Waals surface area contributed by atoms with Gasteiger partial charge in [0.05, 0.1) is 17.8 Å². The Morgan fingerprint density at radius 3 is 2.59 bits per heavy atom. The summed E-state index contributed by atoms with van der Waals surface area (Å²) in [6.45, 7) is 4.79. The Balaban J connectivity index is 1.89. The van der Waals surface area contributed by atoms with Crippen molar-refractivity contribution < 1.29 is 0 Å². The highest BCUT2D eigenvalue weighted by molar-refractivity contribution is 5.90. The van der Waals surface area contributed by atoms with E-state index in [2.05, 4.69) is 39.4 Å². The van der Waals surface area contributed by atoms with Gasteiger partial charge in [0.2, 0.25) is 5.95 Å². The van der Waals surface area contributed by atoms with Crippen molar-refractivity contribution in [2.24, 2.45) is 0 Å². The fourth-order valence-corrected chi connectivity index (χ4v) is 2.21. The first-order valence-corrected chi connectivity index (χ1v) is 7.39. The lowest BCUT2D eigenvalue weighted by atomic mass is 10.2. The van der Waals surface area contributed by atoms with Crippen molar-refractivity contribution >= 4 is 22.7 Å². The molecule has 112 valence electrons. The van der Waals surface area contributed by atoms with E-state index in [9.17, 15) is 0 Å². The zero-order valence-electron chi connectivity index (χ0n) is 12.7. The quantitative estimate of drug-likeness (QED) is 0.754. The van der Waals surface area contributed by atoms with Gasteiger partial charge in [0, 0.05) is 17.6 Å². The first-order valence-electron chi connectivity index (χ1n) is 7.39. The summed E-state index contributed by atoms with van der Waals surface area (Å²) in [5, 5.41) is 7.65. The molecule has 3 rings (SSSR count). The zero-order chi connectivity index (χ0) is 15.4. The van der Waals surface area contributed by atoms with Gasteiger partial charge in [-0.25, -0.2) is 4.98 Å². The number of para-hydroxylation sites is 1. The number of aromatic nitrogens is 3. The minimum atomic E-state index is 0.307. The van der Waals surface area contributed by atoms with Crippen molar-refractivity contribution in [1.29, 1.82) is 0 Å². The summed E-state index contributed by atoms with van der Waals surface area (Å²) >= 11 is 0. The minimum absolute atomic E-state index is 0.307. The van der Waals surface area contributed by atoms with Crippen LogP contribution in [-0.4, -0.2) is 21.0 Å². The normalized spacial score (nSPS) is 10.9. The summed E-state index contributed by atoms with van der Waals surface area (Å²) in [5.41, 5.74) is 1.88. The van der Waals surface area contributed by atoms with E-state index >= 15 is 0 Å². The lowest BCUT2D eigenvalue weighted by Gasteiger charge is -2.13. The number of rotatable bonds is 5. The number of nitrogens with one attached hydrogen (secondary N) is 2. The van der Waals surface area contributed by atoms with Crippen molar-refractivity contribution in [3.8, 4) is 0 Å². The Kier molecular flexibility index (Phi) is 4.14. The number of nitrogens with zero attached hydrogens (tertiary/aromatic N) is 3. The van der Waals surface area contributed by atoms with Crippen molar-refractivity contribution in [1.82, 2.24) is 15.0 Å². The van der Waals surface area contributed by atoms with E-state index in [4.69, 9.17) is 0 Å². The molecular weight excluding hydrogens is 274 g/mol. The average Bonchev–Trinajstić information content (AvgIpc) is 2.53. The van der Waals surface area contributed by atoms with Crippen LogP contribution >= 0.6 is 0 Å². The van der Waals surface area contributed by atoms with Crippen LogP contribution in [0.15, 0.2) is 48.7 Å². The molecule has 0 amide bonds. The second-order valence-corrected chi connectivity index (χ2v) is 5.39. The van der Waals surface area contributed by atoms with Crippen LogP contribution < -0.4 is 10.6 Å². The molecule has 0 unspecified atom stereocenters. The molecule has 22 heavy (non-hydrogen) atoms. The summed E-state index contributed by atoms with van der Waals surface area (Å²) < 4.78 is 0. The van der Waals surface area contributed by atoms with Crippen LogP contribution in [0.25, 0.3) is 10.9 Å². The maximum atomic E-state index is 4.60. The third-order valence-electron chi connectivity index (χ3n) is 3.18. The first-order chi connectivity index (χ1) is 10.7. The van der Waals surface area contributed by atoms with Gasteiger partial charge in [-0.05, 0) is 38.1 Å². The Morgan fingerprint density at radius 1 is 1.00 bits per heavy atom. The smallest absolute Gasteiger partial charge is 0.225 e. The van der Waals surface area contributed by atoms with Gasteiger partial charge in [0.1, 0.15) is 5.82 Å². The molecule has 0 spiro atoms. The molecule has 0 saturated carbocycles. The molecule has 0 saturated heterocycles. The molecule has 2 aromatic heterocycles. The van der Waals surface area contributed by atoms with Gasteiger partial charge in [-0.1, -0.05) is 18.2 Å². The van der Waals surface area contributed by atoms with Gasteiger partial charge in [-0.2, -0.15) is 4.98 Å². The third-order valence-corrected chi connectivity index (χ3v) is 3.18. The standard InChI is InChI=1S/C17H19N5/c1-12(2)20-16-14-8-3-4-9-15(14)21-17(22-16)19-11-13-7-5-6-10-18-13/h3-10,12H,11H2,1-2H3,(H2,19,20,21,22).